The lowest BCUT2D eigenvalue weighted by Gasteiger charge is -2.18. The fraction of sp³-hybridized carbons (Fsp3) is 0.438. The van der Waals surface area contributed by atoms with Crippen molar-refractivity contribution in [2.75, 3.05) is 39.4 Å². The minimum Gasteiger partial charge on any atom is -0.493 e. The fourth-order valence-electron chi connectivity index (χ4n) is 5.12. The van der Waals surface area contributed by atoms with Gasteiger partial charge in [-0.1, -0.05) is 30.3 Å². The van der Waals surface area contributed by atoms with Crippen molar-refractivity contribution in [2.24, 2.45) is 0 Å². The Hall–Kier alpha value is -3.46. The number of benzene rings is 2. The first-order valence-corrected chi connectivity index (χ1v) is 14.1. The van der Waals surface area contributed by atoms with Crippen LogP contribution in [0.1, 0.15) is 36.1 Å². The second-order valence-electron chi connectivity index (χ2n) is 10.4. The van der Waals surface area contributed by atoms with Gasteiger partial charge in [0.15, 0.2) is 0 Å². The van der Waals surface area contributed by atoms with Crippen LogP contribution in [0.4, 0.5) is 0 Å². The molecule has 0 radical (unpaired) electrons. The summed E-state index contributed by atoms with van der Waals surface area (Å²) in [6.45, 7) is 8.44. The number of pyridine rings is 1. The zero-order chi connectivity index (χ0) is 28.3. The van der Waals surface area contributed by atoms with Gasteiger partial charge >= 0.3 is 5.97 Å². The quantitative estimate of drug-likeness (QED) is 0.243. The molecule has 2 atom stereocenters. The molecule has 8 heteroatoms. The van der Waals surface area contributed by atoms with Crippen LogP contribution in [0.5, 0.6) is 11.5 Å². The highest BCUT2D eigenvalue weighted by Gasteiger charge is 2.20. The second kappa shape index (κ2) is 14.8. The molecule has 8 nitrogen and oxygen atoms in total. The summed E-state index contributed by atoms with van der Waals surface area (Å²) >= 11 is 0. The van der Waals surface area contributed by atoms with Gasteiger partial charge in [0.1, 0.15) is 17.5 Å². The smallest absolute Gasteiger partial charge is 0.321 e. The summed E-state index contributed by atoms with van der Waals surface area (Å²) in [5, 5.41) is 22.4. The number of hydrogen-bond donors (Lipinski definition) is 3. The van der Waals surface area contributed by atoms with Crippen LogP contribution < -0.4 is 14.8 Å². The van der Waals surface area contributed by atoms with Crippen LogP contribution in [0.2, 0.25) is 0 Å². The highest BCUT2D eigenvalue weighted by molar-refractivity contribution is 5.74. The molecule has 1 aromatic heterocycles. The first-order valence-electron chi connectivity index (χ1n) is 14.1. The first kappa shape index (κ1) is 29.5. The summed E-state index contributed by atoms with van der Waals surface area (Å²) in [6.07, 6.45) is 4.28. The number of aliphatic carboxylic acids is 1. The maximum absolute atomic E-state index is 11.7. The summed E-state index contributed by atoms with van der Waals surface area (Å²) in [5.41, 5.74) is 5.12. The number of ether oxygens (including phenoxy) is 2. The molecule has 40 heavy (non-hydrogen) atoms. The molecule has 0 amide bonds. The lowest BCUT2D eigenvalue weighted by molar-refractivity contribution is -0.139. The summed E-state index contributed by atoms with van der Waals surface area (Å²) in [5.74, 6) is 0.817. The number of rotatable bonds is 15. The van der Waals surface area contributed by atoms with Gasteiger partial charge in [0.2, 0.25) is 0 Å². The van der Waals surface area contributed by atoms with E-state index in [0.717, 1.165) is 71.9 Å². The zero-order valence-corrected chi connectivity index (χ0v) is 23.5. The van der Waals surface area contributed by atoms with Crippen LogP contribution in [0.15, 0.2) is 60.8 Å². The van der Waals surface area contributed by atoms with Gasteiger partial charge < -0.3 is 29.9 Å². The van der Waals surface area contributed by atoms with Crippen LogP contribution in [0.25, 0.3) is 11.1 Å². The standard InChI is InChI=1S/C32H41N3O5/c1-23-27(28-11-6-13-31(24(28)2)40-20-8-17-35-18-14-26(36)22-35)10-5-12-30(23)39-19-7-16-34-29(32(37)38)21-25-9-3-4-15-33-25/h3-6,9-13,15,26,29,34,36H,7-8,14,16-22H2,1-2H3,(H,37,38). The van der Waals surface area contributed by atoms with Gasteiger partial charge in [-0.2, -0.15) is 0 Å². The Morgan fingerprint density at radius 3 is 2.25 bits per heavy atom. The highest BCUT2D eigenvalue weighted by atomic mass is 16.5. The molecule has 1 aliphatic heterocycles. The van der Waals surface area contributed by atoms with Crippen molar-refractivity contribution in [3.05, 3.63) is 77.6 Å². The Bertz CT molecular complexity index is 1240. The van der Waals surface area contributed by atoms with Crippen molar-refractivity contribution in [1.82, 2.24) is 15.2 Å². The van der Waals surface area contributed by atoms with Gasteiger partial charge in [-0.15, -0.1) is 0 Å². The van der Waals surface area contributed by atoms with Crippen LogP contribution in [-0.4, -0.2) is 77.6 Å². The monoisotopic (exact) mass is 547 g/mol. The topological polar surface area (TPSA) is 104 Å². The lowest BCUT2D eigenvalue weighted by Crippen LogP contribution is -2.39. The molecular weight excluding hydrogens is 506 g/mol. The van der Waals surface area contributed by atoms with Crippen LogP contribution in [-0.2, 0) is 11.2 Å². The predicted octanol–water partition coefficient (Wildman–Crippen LogP) is 4.26. The van der Waals surface area contributed by atoms with Gasteiger partial charge in [-0.05, 0) is 86.2 Å². The molecular formula is C32H41N3O5. The number of carbonyl (C=O) groups is 1. The Kier molecular flexibility index (Phi) is 10.9. The van der Waals surface area contributed by atoms with Crippen LogP contribution >= 0.6 is 0 Å². The summed E-state index contributed by atoms with van der Waals surface area (Å²) in [6, 6.07) is 17.0. The normalized spacial score (nSPS) is 16.1. The number of nitrogens with zero attached hydrogens (tertiary/aromatic N) is 2. The van der Waals surface area contributed by atoms with Gasteiger partial charge in [0.05, 0.1) is 19.3 Å². The molecule has 0 bridgehead atoms. The Labute approximate surface area is 237 Å². The maximum atomic E-state index is 11.7. The SMILES string of the molecule is Cc1c(OCCCNC(Cc2ccccn2)C(=O)O)cccc1-c1cccc(OCCCN2CCC(O)C2)c1C. The molecule has 2 heterocycles. The fourth-order valence-corrected chi connectivity index (χ4v) is 5.12. The number of aliphatic hydroxyl groups is 1. The maximum Gasteiger partial charge on any atom is 0.321 e. The molecule has 0 spiro atoms. The number of aromatic nitrogens is 1. The van der Waals surface area contributed by atoms with Crippen molar-refractivity contribution in [2.45, 2.75) is 51.7 Å². The number of nitrogens with one attached hydrogen (secondary N) is 1. The van der Waals surface area contributed by atoms with Crippen molar-refractivity contribution in [3.63, 3.8) is 0 Å². The van der Waals surface area contributed by atoms with E-state index >= 15 is 0 Å². The highest BCUT2D eigenvalue weighted by Crippen LogP contribution is 2.35. The first-order chi connectivity index (χ1) is 19.4. The number of likely N-dealkylation sites (tertiary alicyclic amines) is 1. The molecule has 2 unspecified atom stereocenters. The molecule has 1 fully saturated rings. The van der Waals surface area contributed by atoms with Crippen molar-refractivity contribution < 1.29 is 24.5 Å². The van der Waals surface area contributed by atoms with Gasteiger partial charge in [0.25, 0.3) is 0 Å². The number of hydrogen-bond acceptors (Lipinski definition) is 7. The molecule has 2 aromatic carbocycles. The molecule has 3 N–H and O–H groups in total. The van der Waals surface area contributed by atoms with E-state index in [1.165, 1.54) is 0 Å². The molecule has 3 aromatic rings. The minimum atomic E-state index is -0.886. The van der Waals surface area contributed by atoms with E-state index < -0.39 is 12.0 Å². The van der Waals surface area contributed by atoms with E-state index in [-0.39, 0.29) is 6.10 Å². The Balaban J connectivity index is 1.28. The van der Waals surface area contributed by atoms with Crippen LogP contribution in [0, 0.1) is 13.8 Å². The molecule has 1 saturated heterocycles. The summed E-state index contributed by atoms with van der Waals surface area (Å²) in [4.78, 5) is 18.2. The summed E-state index contributed by atoms with van der Waals surface area (Å²) in [7, 11) is 0. The van der Waals surface area contributed by atoms with Crippen molar-refractivity contribution in [1.29, 1.82) is 0 Å². The van der Waals surface area contributed by atoms with E-state index in [2.05, 4.69) is 41.2 Å². The van der Waals surface area contributed by atoms with E-state index in [9.17, 15) is 15.0 Å². The molecule has 4 rings (SSSR count). The number of β-amino-alcohol motifs (C(OH)–C–C–N with tert-alkyl or cyclic N) is 1. The van der Waals surface area contributed by atoms with E-state index in [4.69, 9.17) is 9.47 Å². The average Bonchev–Trinajstić information content (AvgIpc) is 3.37. The van der Waals surface area contributed by atoms with E-state index in [0.29, 0.717) is 32.6 Å². The third kappa shape index (κ3) is 8.27. The number of aliphatic hydroxyl groups excluding tert-OH is 1. The van der Waals surface area contributed by atoms with Crippen molar-refractivity contribution in [3.8, 4) is 22.6 Å². The third-order valence-electron chi connectivity index (χ3n) is 7.39. The molecule has 0 aliphatic carbocycles. The Morgan fingerprint density at radius 2 is 1.68 bits per heavy atom. The molecule has 1 aliphatic rings. The van der Waals surface area contributed by atoms with E-state index in [1.54, 1.807) is 6.20 Å². The second-order valence-corrected chi connectivity index (χ2v) is 10.4. The predicted molar refractivity (Wildman–Crippen MR) is 156 cm³/mol. The van der Waals surface area contributed by atoms with Gasteiger partial charge in [-0.3, -0.25) is 9.78 Å². The lowest BCUT2D eigenvalue weighted by atomic mass is 9.95. The average molecular weight is 548 g/mol. The molecule has 0 saturated carbocycles. The zero-order valence-electron chi connectivity index (χ0n) is 23.5. The number of carboxylic acid groups (broad SMARTS) is 1. The largest absolute Gasteiger partial charge is 0.493 e. The van der Waals surface area contributed by atoms with Crippen LogP contribution in [0.3, 0.4) is 0 Å². The van der Waals surface area contributed by atoms with E-state index in [1.807, 2.05) is 42.5 Å². The Morgan fingerprint density at radius 1 is 1.00 bits per heavy atom. The molecule has 214 valence electrons. The minimum absolute atomic E-state index is 0.188. The van der Waals surface area contributed by atoms with Crippen molar-refractivity contribution >= 4 is 5.97 Å². The summed E-state index contributed by atoms with van der Waals surface area (Å²) < 4.78 is 12.3. The van der Waals surface area contributed by atoms with Gasteiger partial charge in [0, 0.05) is 37.9 Å². The number of carboxylic acids is 1. The van der Waals surface area contributed by atoms with Gasteiger partial charge in [-0.25, -0.2) is 0 Å². The third-order valence-corrected chi connectivity index (χ3v) is 7.39.